The van der Waals surface area contributed by atoms with Gasteiger partial charge < -0.3 is 14.6 Å². The average molecular weight is 454 g/mol. The van der Waals surface area contributed by atoms with Crippen molar-refractivity contribution < 1.29 is 24.2 Å². The fraction of sp³-hybridized carbons (Fsp3) is 0.240. The molecule has 0 aliphatic rings. The minimum absolute atomic E-state index is 0.118. The van der Waals surface area contributed by atoms with Gasteiger partial charge in [-0.3, -0.25) is 4.79 Å². The molecule has 1 heterocycles. The number of aliphatic carboxylic acids is 1. The number of rotatable bonds is 7. The van der Waals surface area contributed by atoms with Gasteiger partial charge in [-0.25, -0.2) is 9.78 Å². The third kappa shape index (κ3) is 4.92. The molecule has 0 unspecified atom stereocenters. The number of ether oxygens (including phenoxy) is 2. The first-order valence-electron chi connectivity index (χ1n) is 9.92. The van der Waals surface area contributed by atoms with Crippen LogP contribution in [-0.2, 0) is 4.79 Å². The lowest BCUT2D eigenvalue weighted by molar-refractivity contribution is -0.152. The number of hydrogen-bond donors (Lipinski definition) is 1. The lowest BCUT2D eigenvalue weighted by Crippen LogP contribution is -2.38. The lowest BCUT2D eigenvalue weighted by Gasteiger charge is -2.24. The van der Waals surface area contributed by atoms with E-state index in [4.69, 9.17) is 21.1 Å². The van der Waals surface area contributed by atoms with Crippen LogP contribution in [0.5, 0.6) is 11.5 Å². The molecule has 7 heteroatoms. The second kappa shape index (κ2) is 9.01. The van der Waals surface area contributed by atoms with Crippen LogP contribution in [0.3, 0.4) is 0 Å². The molecule has 3 aromatic rings. The summed E-state index contributed by atoms with van der Waals surface area (Å²) in [4.78, 5) is 28.5. The summed E-state index contributed by atoms with van der Waals surface area (Å²) < 4.78 is 10.9. The van der Waals surface area contributed by atoms with Gasteiger partial charge in [-0.05, 0) is 80.8 Å². The molecule has 0 bridgehead atoms. The van der Waals surface area contributed by atoms with Gasteiger partial charge >= 0.3 is 5.97 Å². The zero-order valence-corrected chi connectivity index (χ0v) is 19.3. The summed E-state index contributed by atoms with van der Waals surface area (Å²) in [7, 11) is 1.57. The Morgan fingerprint density at radius 2 is 1.75 bits per heavy atom. The van der Waals surface area contributed by atoms with Gasteiger partial charge in [0.25, 0.3) is 0 Å². The summed E-state index contributed by atoms with van der Waals surface area (Å²) in [5.74, 6) is -0.156. The Morgan fingerprint density at radius 3 is 2.34 bits per heavy atom. The Balaban J connectivity index is 1.87. The molecule has 3 rings (SSSR count). The third-order valence-electron chi connectivity index (χ3n) is 5.03. The van der Waals surface area contributed by atoms with Crippen molar-refractivity contribution in [1.29, 1.82) is 0 Å². The Kier molecular flexibility index (Phi) is 6.55. The molecule has 0 saturated heterocycles. The first-order chi connectivity index (χ1) is 15.0. The number of fused-ring (bicyclic) bond motifs is 1. The molecule has 0 atom stereocenters. The maximum absolute atomic E-state index is 12.8. The molecule has 1 aromatic heterocycles. The van der Waals surface area contributed by atoms with Crippen LogP contribution in [0.15, 0.2) is 42.5 Å². The molecule has 6 nitrogen and oxygen atoms in total. The zero-order valence-electron chi connectivity index (χ0n) is 18.5. The number of carboxylic acids is 1. The van der Waals surface area contributed by atoms with Gasteiger partial charge in [-0.2, -0.15) is 0 Å². The number of aromatic nitrogens is 1. The Bertz CT molecular complexity index is 1220. The van der Waals surface area contributed by atoms with E-state index in [1.165, 1.54) is 19.9 Å². The molecule has 2 aromatic carbocycles. The number of nitrogens with zero attached hydrogens (tertiary/aromatic N) is 1. The Hall–Kier alpha value is -3.38. The first-order valence-corrected chi connectivity index (χ1v) is 10.3. The lowest BCUT2D eigenvalue weighted by atomic mass is 10.0. The van der Waals surface area contributed by atoms with Crippen molar-refractivity contribution in [3.05, 3.63) is 69.9 Å². The van der Waals surface area contributed by atoms with Crippen LogP contribution in [0.4, 0.5) is 0 Å². The van der Waals surface area contributed by atoms with Crippen LogP contribution < -0.4 is 9.47 Å². The first kappa shape index (κ1) is 23.3. The van der Waals surface area contributed by atoms with E-state index in [2.05, 4.69) is 4.98 Å². The second-order valence-corrected chi connectivity index (χ2v) is 8.34. The topological polar surface area (TPSA) is 85.7 Å². The Morgan fingerprint density at radius 1 is 1.09 bits per heavy atom. The van der Waals surface area contributed by atoms with Crippen LogP contribution in [-0.4, -0.2) is 34.6 Å². The minimum Gasteiger partial charge on any atom is -0.497 e. The van der Waals surface area contributed by atoms with E-state index in [1.54, 1.807) is 31.4 Å². The van der Waals surface area contributed by atoms with Crippen molar-refractivity contribution in [3.8, 4) is 11.5 Å². The molecular formula is C25H24ClNO5. The number of carboxylic acid groups (broad SMARTS) is 1. The fourth-order valence-corrected chi connectivity index (χ4v) is 3.46. The summed E-state index contributed by atoms with van der Waals surface area (Å²) in [5, 5.41) is 10.2. The summed E-state index contributed by atoms with van der Waals surface area (Å²) >= 11 is 6.26. The van der Waals surface area contributed by atoms with Crippen molar-refractivity contribution >= 4 is 40.3 Å². The molecule has 1 N–H and O–H groups in total. The van der Waals surface area contributed by atoms with E-state index in [1.807, 2.05) is 32.0 Å². The number of aryl methyl sites for hydroxylation is 2. The van der Waals surface area contributed by atoms with Crippen molar-refractivity contribution in [2.75, 3.05) is 7.11 Å². The number of carbonyl (C=O) groups is 2. The molecule has 0 fully saturated rings. The highest BCUT2D eigenvalue weighted by Crippen LogP contribution is 2.30. The maximum atomic E-state index is 12.8. The number of halogens is 1. The van der Waals surface area contributed by atoms with Crippen LogP contribution in [0, 0.1) is 13.8 Å². The van der Waals surface area contributed by atoms with E-state index in [9.17, 15) is 14.7 Å². The number of pyridine rings is 1. The predicted octanol–water partition coefficient (Wildman–Crippen LogP) is 5.65. The van der Waals surface area contributed by atoms with Crippen molar-refractivity contribution in [2.45, 2.75) is 33.3 Å². The molecule has 0 aliphatic heterocycles. The van der Waals surface area contributed by atoms with Crippen LogP contribution in [0.25, 0.3) is 17.0 Å². The number of carbonyl (C=O) groups excluding carboxylic acids is 1. The van der Waals surface area contributed by atoms with Gasteiger partial charge in [-0.15, -0.1) is 0 Å². The molecule has 0 aliphatic carbocycles. The third-order valence-corrected chi connectivity index (χ3v) is 5.31. The van der Waals surface area contributed by atoms with Crippen LogP contribution in [0.2, 0.25) is 5.15 Å². The molecule has 0 spiro atoms. The largest absolute Gasteiger partial charge is 0.497 e. The number of methoxy groups -OCH3 is 1. The highest BCUT2D eigenvalue weighted by Gasteiger charge is 2.30. The normalized spacial score (nSPS) is 11.7. The molecule has 0 amide bonds. The highest BCUT2D eigenvalue weighted by molar-refractivity contribution is 6.34. The predicted molar refractivity (Wildman–Crippen MR) is 125 cm³/mol. The molecule has 166 valence electrons. The molecular weight excluding hydrogens is 430 g/mol. The number of benzene rings is 2. The van der Waals surface area contributed by atoms with Gasteiger partial charge in [0.1, 0.15) is 16.7 Å². The Labute approximate surface area is 191 Å². The quantitative estimate of drug-likeness (QED) is 0.282. The number of ketones is 1. The van der Waals surface area contributed by atoms with Crippen molar-refractivity contribution in [3.63, 3.8) is 0 Å². The average Bonchev–Trinajstić information content (AvgIpc) is 2.73. The van der Waals surface area contributed by atoms with Crippen LogP contribution in [0.1, 0.15) is 40.9 Å². The van der Waals surface area contributed by atoms with E-state index in [0.717, 1.165) is 22.1 Å². The van der Waals surface area contributed by atoms with Crippen LogP contribution >= 0.6 is 11.6 Å². The smallest absolute Gasteiger partial charge is 0.347 e. The van der Waals surface area contributed by atoms with Crippen molar-refractivity contribution in [2.24, 2.45) is 0 Å². The standard InChI is InChI=1S/C25H24ClNO5/c1-14-10-16(11-15(2)22(14)32-25(3,4)24(29)30)6-9-21(28)19-12-17-7-8-18(31-5)13-20(17)27-23(19)26/h6-13H,1-5H3,(H,29,30)/b9-6+. The second-order valence-electron chi connectivity index (χ2n) is 7.98. The van der Waals surface area contributed by atoms with Gasteiger partial charge in [0.2, 0.25) is 0 Å². The number of hydrogen-bond acceptors (Lipinski definition) is 5. The van der Waals surface area contributed by atoms with E-state index >= 15 is 0 Å². The van der Waals surface area contributed by atoms with Gasteiger partial charge in [0.05, 0.1) is 18.2 Å². The number of allylic oxidation sites excluding steroid dienone is 1. The van der Waals surface area contributed by atoms with Gasteiger partial charge in [0.15, 0.2) is 11.4 Å². The highest BCUT2D eigenvalue weighted by atomic mass is 35.5. The molecule has 0 radical (unpaired) electrons. The fourth-order valence-electron chi connectivity index (χ4n) is 3.22. The summed E-state index contributed by atoms with van der Waals surface area (Å²) in [5.41, 5.74) is 1.91. The van der Waals surface area contributed by atoms with E-state index in [0.29, 0.717) is 22.6 Å². The SMILES string of the molecule is COc1ccc2cc(C(=O)/C=C/c3cc(C)c(OC(C)(C)C(=O)O)c(C)c3)c(Cl)nc2c1. The van der Waals surface area contributed by atoms with E-state index in [-0.39, 0.29) is 10.9 Å². The zero-order chi connectivity index (χ0) is 23.6. The molecule has 0 saturated carbocycles. The summed E-state index contributed by atoms with van der Waals surface area (Å²) in [6.45, 7) is 6.66. The maximum Gasteiger partial charge on any atom is 0.347 e. The minimum atomic E-state index is -1.35. The monoisotopic (exact) mass is 453 g/mol. The van der Waals surface area contributed by atoms with E-state index < -0.39 is 11.6 Å². The molecule has 32 heavy (non-hydrogen) atoms. The van der Waals surface area contributed by atoms with Crippen molar-refractivity contribution in [1.82, 2.24) is 4.98 Å². The summed E-state index contributed by atoms with van der Waals surface area (Å²) in [6.07, 6.45) is 3.12. The summed E-state index contributed by atoms with van der Waals surface area (Å²) in [6, 6.07) is 10.7. The van der Waals surface area contributed by atoms with Gasteiger partial charge in [-0.1, -0.05) is 17.7 Å². The van der Waals surface area contributed by atoms with Gasteiger partial charge in [0, 0.05) is 11.5 Å².